The summed E-state index contributed by atoms with van der Waals surface area (Å²) < 4.78 is 39.9. The quantitative estimate of drug-likeness (QED) is 0.918. The van der Waals surface area contributed by atoms with Crippen molar-refractivity contribution in [2.45, 2.75) is 23.7 Å². The smallest absolute Gasteiger partial charge is 0.246 e. The van der Waals surface area contributed by atoms with Gasteiger partial charge in [0.25, 0.3) is 0 Å². The number of aliphatic hydroxyl groups excluding tert-OH is 1. The van der Waals surface area contributed by atoms with Gasteiger partial charge < -0.3 is 5.11 Å². The van der Waals surface area contributed by atoms with Crippen LogP contribution in [0.4, 0.5) is 4.39 Å². The number of aliphatic hydroxyl groups is 1. The fraction of sp³-hybridized carbons (Fsp3) is 0.500. The van der Waals surface area contributed by atoms with Crippen LogP contribution in [0, 0.1) is 5.82 Å². The van der Waals surface area contributed by atoms with Crippen LogP contribution in [0.15, 0.2) is 23.1 Å². The van der Waals surface area contributed by atoms with Gasteiger partial charge in [-0.15, -0.1) is 0 Å². The first-order valence-electron chi connectivity index (χ1n) is 5.96. The van der Waals surface area contributed by atoms with E-state index in [1.807, 2.05) is 6.92 Å². The molecule has 1 aliphatic heterocycles. The summed E-state index contributed by atoms with van der Waals surface area (Å²) in [5.41, 5.74) is 0.388. The zero-order valence-electron chi connectivity index (χ0n) is 10.5. The van der Waals surface area contributed by atoms with E-state index >= 15 is 0 Å². The van der Waals surface area contributed by atoms with E-state index in [1.165, 1.54) is 16.4 Å². The normalized spacial score (nSPS) is 21.5. The molecule has 7 heteroatoms. The van der Waals surface area contributed by atoms with Gasteiger partial charge in [-0.2, -0.15) is 16.1 Å². The SMILES string of the molecule is CC1CN(S(=O)(=O)c2cc(CO)ccc2F)CCS1. The van der Waals surface area contributed by atoms with Crippen LogP contribution >= 0.6 is 11.8 Å². The number of hydrogen-bond donors (Lipinski definition) is 1. The van der Waals surface area contributed by atoms with Crippen LogP contribution in [0.5, 0.6) is 0 Å². The molecular formula is C12H16FNO3S2. The van der Waals surface area contributed by atoms with Crippen molar-refractivity contribution >= 4 is 21.8 Å². The molecule has 1 aliphatic rings. The summed E-state index contributed by atoms with van der Waals surface area (Å²) >= 11 is 1.71. The molecule has 1 fully saturated rings. The van der Waals surface area contributed by atoms with Crippen molar-refractivity contribution < 1.29 is 17.9 Å². The molecule has 0 spiro atoms. The third-order valence-corrected chi connectivity index (χ3v) is 6.02. The Bertz CT molecular complexity index is 562. The fourth-order valence-corrected chi connectivity index (χ4v) is 4.86. The fourth-order valence-electron chi connectivity index (χ4n) is 1.99. The van der Waals surface area contributed by atoms with Crippen molar-refractivity contribution in [1.29, 1.82) is 0 Å². The van der Waals surface area contributed by atoms with Crippen molar-refractivity contribution in [2.24, 2.45) is 0 Å². The zero-order valence-corrected chi connectivity index (χ0v) is 12.2. The minimum atomic E-state index is -3.82. The Labute approximate surface area is 116 Å². The van der Waals surface area contributed by atoms with Crippen LogP contribution in [0.2, 0.25) is 0 Å². The van der Waals surface area contributed by atoms with Crippen molar-refractivity contribution in [2.75, 3.05) is 18.8 Å². The summed E-state index contributed by atoms with van der Waals surface area (Å²) in [6.45, 7) is 2.41. The minimum absolute atomic E-state index is 0.201. The monoisotopic (exact) mass is 305 g/mol. The molecule has 106 valence electrons. The second kappa shape index (κ2) is 5.78. The summed E-state index contributed by atoms with van der Waals surface area (Å²) in [5.74, 6) is -0.0649. The lowest BCUT2D eigenvalue weighted by Gasteiger charge is -2.29. The maximum absolute atomic E-state index is 13.8. The van der Waals surface area contributed by atoms with E-state index in [2.05, 4.69) is 0 Å². The molecular weight excluding hydrogens is 289 g/mol. The number of rotatable bonds is 3. The molecule has 1 aromatic carbocycles. The highest BCUT2D eigenvalue weighted by molar-refractivity contribution is 8.00. The first-order valence-corrected chi connectivity index (χ1v) is 8.45. The summed E-state index contributed by atoms with van der Waals surface area (Å²) in [6, 6.07) is 3.67. The topological polar surface area (TPSA) is 57.6 Å². The van der Waals surface area contributed by atoms with Crippen LogP contribution in [0.3, 0.4) is 0 Å². The Morgan fingerprint density at radius 1 is 1.53 bits per heavy atom. The van der Waals surface area contributed by atoms with Gasteiger partial charge in [0.2, 0.25) is 10.0 Å². The molecule has 0 saturated carbocycles. The Morgan fingerprint density at radius 2 is 2.26 bits per heavy atom. The molecule has 1 N–H and O–H groups in total. The average Bonchev–Trinajstić information content (AvgIpc) is 2.39. The third-order valence-electron chi connectivity index (χ3n) is 3.00. The molecule has 1 atom stereocenters. The van der Waals surface area contributed by atoms with E-state index in [-0.39, 0.29) is 16.8 Å². The van der Waals surface area contributed by atoms with E-state index in [0.29, 0.717) is 24.4 Å². The van der Waals surface area contributed by atoms with Crippen LogP contribution in [0.1, 0.15) is 12.5 Å². The van der Waals surface area contributed by atoms with Crippen LogP contribution < -0.4 is 0 Å². The third kappa shape index (κ3) is 3.10. The summed E-state index contributed by atoms with van der Waals surface area (Å²) in [7, 11) is -3.82. The first-order chi connectivity index (χ1) is 8.95. The lowest BCUT2D eigenvalue weighted by atomic mass is 10.2. The van der Waals surface area contributed by atoms with Crippen LogP contribution in [0.25, 0.3) is 0 Å². The number of halogens is 1. The lowest BCUT2D eigenvalue weighted by molar-refractivity contribution is 0.281. The highest BCUT2D eigenvalue weighted by Gasteiger charge is 2.31. The van der Waals surface area contributed by atoms with Crippen molar-refractivity contribution in [3.05, 3.63) is 29.6 Å². The van der Waals surface area contributed by atoms with Gasteiger partial charge in [0.1, 0.15) is 10.7 Å². The van der Waals surface area contributed by atoms with Crippen molar-refractivity contribution in [1.82, 2.24) is 4.31 Å². The summed E-state index contributed by atoms with van der Waals surface area (Å²) in [6.07, 6.45) is 0. The predicted molar refractivity (Wildman–Crippen MR) is 73.0 cm³/mol. The van der Waals surface area contributed by atoms with E-state index in [1.54, 1.807) is 11.8 Å². The Balaban J connectivity index is 2.38. The van der Waals surface area contributed by atoms with Gasteiger partial charge in [0.15, 0.2) is 0 Å². The molecule has 0 amide bonds. The molecule has 0 bridgehead atoms. The maximum Gasteiger partial charge on any atom is 0.246 e. The van der Waals surface area contributed by atoms with Crippen molar-refractivity contribution in [3.63, 3.8) is 0 Å². The van der Waals surface area contributed by atoms with Gasteiger partial charge in [-0.3, -0.25) is 0 Å². The number of benzene rings is 1. The molecule has 19 heavy (non-hydrogen) atoms. The largest absolute Gasteiger partial charge is 0.392 e. The van der Waals surface area contributed by atoms with Gasteiger partial charge in [-0.1, -0.05) is 13.0 Å². The van der Waals surface area contributed by atoms with E-state index in [4.69, 9.17) is 5.11 Å². The Kier molecular flexibility index (Phi) is 4.50. The molecule has 1 unspecified atom stereocenters. The summed E-state index contributed by atoms with van der Waals surface area (Å²) in [5, 5.41) is 9.24. The van der Waals surface area contributed by atoms with Crippen molar-refractivity contribution in [3.8, 4) is 0 Å². The lowest BCUT2D eigenvalue weighted by Crippen LogP contribution is -2.41. The molecule has 0 radical (unpaired) electrons. The molecule has 0 aliphatic carbocycles. The maximum atomic E-state index is 13.8. The van der Waals surface area contributed by atoms with Gasteiger partial charge >= 0.3 is 0 Å². The van der Waals surface area contributed by atoms with E-state index < -0.39 is 15.8 Å². The second-order valence-corrected chi connectivity index (χ2v) is 7.92. The highest BCUT2D eigenvalue weighted by atomic mass is 32.2. The molecule has 1 aromatic rings. The predicted octanol–water partition coefficient (Wildman–Crippen LogP) is 1.44. The van der Waals surface area contributed by atoms with Crippen LogP contribution in [-0.4, -0.2) is 41.9 Å². The van der Waals surface area contributed by atoms with Crippen LogP contribution in [-0.2, 0) is 16.6 Å². The number of sulfonamides is 1. The molecule has 1 saturated heterocycles. The number of nitrogens with zero attached hydrogens (tertiary/aromatic N) is 1. The van der Waals surface area contributed by atoms with Gasteiger partial charge in [0.05, 0.1) is 6.61 Å². The molecule has 1 heterocycles. The zero-order chi connectivity index (χ0) is 14.0. The second-order valence-electron chi connectivity index (χ2n) is 4.47. The highest BCUT2D eigenvalue weighted by Crippen LogP contribution is 2.26. The van der Waals surface area contributed by atoms with Gasteiger partial charge in [0, 0.05) is 24.1 Å². The Morgan fingerprint density at radius 3 is 2.89 bits per heavy atom. The molecule has 2 rings (SSSR count). The Hall–Kier alpha value is -0.630. The first kappa shape index (κ1) is 14.8. The molecule has 4 nitrogen and oxygen atoms in total. The molecule has 0 aromatic heterocycles. The van der Waals surface area contributed by atoms with Gasteiger partial charge in [-0.25, -0.2) is 12.8 Å². The standard InChI is InChI=1S/C12H16FNO3S2/c1-9-7-14(4-5-18-9)19(16,17)12-6-10(8-15)2-3-11(12)13/h2-3,6,9,15H,4-5,7-8H2,1H3. The summed E-state index contributed by atoms with van der Waals surface area (Å²) in [4.78, 5) is -0.349. The number of thioether (sulfide) groups is 1. The van der Waals surface area contributed by atoms with Gasteiger partial charge in [-0.05, 0) is 17.7 Å². The average molecular weight is 305 g/mol. The van der Waals surface area contributed by atoms with E-state index in [0.717, 1.165) is 6.07 Å². The van der Waals surface area contributed by atoms with E-state index in [9.17, 15) is 12.8 Å². The minimum Gasteiger partial charge on any atom is -0.392 e. The number of hydrogen-bond acceptors (Lipinski definition) is 4.